The highest BCUT2D eigenvalue weighted by Gasteiger charge is 2.30. The average molecular weight is 294 g/mol. The van der Waals surface area contributed by atoms with Gasteiger partial charge in [-0.15, -0.1) is 0 Å². The van der Waals surface area contributed by atoms with Gasteiger partial charge in [0.1, 0.15) is 0 Å². The lowest BCUT2D eigenvalue weighted by Crippen LogP contribution is -2.38. The molecule has 1 aromatic rings. The first-order valence-electron chi connectivity index (χ1n) is 7.74. The van der Waals surface area contributed by atoms with Crippen molar-refractivity contribution in [2.75, 3.05) is 18.0 Å². The predicted molar refractivity (Wildman–Crippen MR) is 86.1 cm³/mol. The van der Waals surface area contributed by atoms with Crippen LogP contribution in [0.3, 0.4) is 0 Å². The first-order chi connectivity index (χ1) is 9.53. The van der Waals surface area contributed by atoms with Crippen molar-refractivity contribution in [3.05, 3.63) is 10.6 Å². The summed E-state index contributed by atoms with van der Waals surface area (Å²) in [6.45, 7) is 11.1. The largest absolute Gasteiger partial charge is 0.348 e. The summed E-state index contributed by atoms with van der Waals surface area (Å²) < 4.78 is 0. The van der Waals surface area contributed by atoms with Gasteiger partial charge in [0.05, 0.1) is 10.6 Å². The zero-order valence-corrected chi connectivity index (χ0v) is 13.9. The van der Waals surface area contributed by atoms with Crippen molar-refractivity contribution in [3.8, 4) is 0 Å². The van der Waals surface area contributed by atoms with Gasteiger partial charge in [-0.1, -0.05) is 45.5 Å². The van der Waals surface area contributed by atoms with E-state index >= 15 is 0 Å². The van der Waals surface area contributed by atoms with E-state index in [4.69, 9.17) is 4.98 Å². The fraction of sp³-hybridized carbons (Fsp3) is 0.750. The molecule has 0 saturated carbocycles. The van der Waals surface area contributed by atoms with Crippen molar-refractivity contribution in [3.63, 3.8) is 0 Å². The molecule has 20 heavy (non-hydrogen) atoms. The number of hydrogen-bond acceptors (Lipinski definition) is 4. The highest BCUT2D eigenvalue weighted by molar-refractivity contribution is 7.17. The third-order valence-corrected chi connectivity index (χ3v) is 6.01. The summed E-state index contributed by atoms with van der Waals surface area (Å²) in [6, 6.07) is 0. The van der Waals surface area contributed by atoms with Crippen molar-refractivity contribution in [2.24, 2.45) is 5.41 Å². The lowest BCUT2D eigenvalue weighted by Gasteiger charge is -2.38. The minimum absolute atomic E-state index is 0.367. The Morgan fingerprint density at radius 2 is 2.05 bits per heavy atom. The maximum absolute atomic E-state index is 11.2. The van der Waals surface area contributed by atoms with Crippen LogP contribution in [-0.2, 0) is 0 Å². The number of aldehydes is 1. The number of piperidine rings is 1. The van der Waals surface area contributed by atoms with Crippen LogP contribution < -0.4 is 4.90 Å². The van der Waals surface area contributed by atoms with Crippen molar-refractivity contribution in [1.82, 2.24) is 4.98 Å². The summed E-state index contributed by atoms with van der Waals surface area (Å²) in [6.07, 6.45) is 5.69. The van der Waals surface area contributed by atoms with Crippen molar-refractivity contribution >= 4 is 22.8 Å². The van der Waals surface area contributed by atoms with Gasteiger partial charge in [0.2, 0.25) is 0 Å². The number of carbonyl (C=O) groups excluding carboxylic acids is 1. The molecule has 0 bridgehead atoms. The van der Waals surface area contributed by atoms with E-state index in [0.717, 1.165) is 41.5 Å². The fourth-order valence-electron chi connectivity index (χ4n) is 2.69. The monoisotopic (exact) mass is 294 g/mol. The quantitative estimate of drug-likeness (QED) is 0.750. The number of aromatic nitrogens is 1. The Balaban J connectivity index is 2.14. The van der Waals surface area contributed by atoms with E-state index in [2.05, 4.69) is 32.6 Å². The number of hydrogen-bond donors (Lipinski definition) is 0. The topological polar surface area (TPSA) is 33.2 Å². The molecule has 3 nitrogen and oxygen atoms in total. The molecular weight excluding hydrogens is 268 g/mol. The number of nitrogens with zero attached hydrogens (tertiary/aromatic N) is 2. The molecule has 0 amide bonds. The Kier molecular flexibility index (Phi) is 4.84. The zero-order valence-electron chi connectivity index (χ0n) is 13.1. The fourth-order valence-corrected chi connectivity index (χ4v) is 3.74. The number of rotatable bonds is 5. The predicted octanol–water partition coefficient (Wildman–Crippen LogP) is 4.49. The summed E-state index contributed by atoms with van der Waals surface area (Å²) in [7, 11) is 0. The molecule has 1 aliphatic rings. The maximum atomic E-state index is 11.2. The number of anilines is 1. The Morgan fingerprint density at radius 1 is 1.40 bits per heavy atom. The standard InChI is InChI=1S/C16H26N2OS/c1-5-12(3)14-13(11-19)20-15(17-14)18-9-7-16(4,6-2)8-10-18/h11-12H,5-10H2,1-4H3. The molecule has 1 aromatic heterocycles. The second-order valence-electron chi connectivity index (χ2n) is 6.32. The smallest absolute Gasteiger partial charge is 0.186 e. The molecule has 1 aliphatic heterocycles. The Labute approximate surface area is 126 Å². The van der Waals surface area contributed by atoms with Crippen molar-refractivity contribution in [1.29, 1.82) is 0 Å². The Morgan fingerprint density at radius 3 is 2.55 bits per heavy atom. The molecule has 0 radical (unpaired) electrons. The molecule has 1 unspecified atom stereocenters. The lowest BCUT2D eigenvalue weighted by molar-refractivity contribution is 0.112. The van der Waals surface area contributed by atoms with Gasteiger partial charge in [0, 0.05) is 13.1 Å². The summed E-state index contributed by atoms with van der Waals surface area (Å²) in [4.78, 5) is 19.2. The third kappa shape index (κ3) is 3.05. The summed E-state index contributed by atoms with van der Waals surface area (Å²) in [5, 5.41) is 1.04. The molecule has 2 heterocycles. The number of thiazole rings is 1. The molecule has 0 spiro atoms. The highest BCUT2D eigenvalue weighted by Crippen LogP contribution is 2.38. The summed E-state index contributed by atoms with van der Waals surface area (Å²) in [5.41, 5.74) is 1.48. The molecule has 0 aromatic carbocycles. The average Bonchev–Trinajstić information content (AvgIpc) is 2.91. The first kappa shape index (κ1) is 15.5. The first-order valence-corrected chi connectivity index (χ1v) is 8.55. The van der Waals surface area contributed by atoms with Gasteiger partial charge in [0.25, 0.3) is 0 Å². The Bertz CT molecular complexity index is 461. The van der Waals surface area contributed by atoms with Crippen molar-refractivity contribution in [2.45, 2.75) is 59.3 Å². The van der Waals surface area contributed by atoms with Crippen LogP contribution in [-0.4, -0.2) is 24.4 Å². The summed E-state index contributed by atoms with van der Waals surface area (Å²) in [5.74, 6) is 0.367. The molecule has 1 fully saturated rings. The van der Waals surface area contributed by atoms with E-state index in [-0.39, 0.29) is 0 Å². The van der Waals surface area contributed by atoms with Crippen LogP contribution in [0.5, 0.6) is 0 Å². The van der Waals surface area contributed by atoms with Crippen LogP contribution in [0.1, 0.15) is 74.7 Å². The molecule has 0 aliphatic carbocycles. The normalized spacial score (nSPS) is 19.9. The van der Waals surface area contributed by atoms with Gasteiger partial charge in [-0.3, -0.25) is 4.79 Å². The lowest BCUT2D eigenvalue weighted by atomic mass is 9.78. The van der Waals surface area contributed by atoms with Crippen LogP contribution in [0.15, 0.2) is 0 Å². The second-order valence-corrected chi connectivity index (χ2v) is 7.33. The van der Waals surface area contributed by atoms with Crippen molar-refractivity contribution < 1.29 is 4.79 Å². The maximum Gasteiger partial charge on any atom is 0.186 e. The molecule has 2 rings (SSSR count). The molecule has 1 saturated heterocycles. The molecule has 4 heteroatoms. The van der Waals surface area contributed by atoms with E-state index < -0.39 is 0 Å². The highest BCUT2D eigenvalue weighted by atomic mass is 32.1. The van der Waals surface area contributed by atoms with Gasteiger partial charge >= 0.3 is 0 Å². The molecule has 0 N–H and O–H groups in total. The van der Waals surface area contributed by atoms with E-state index in [0.29, 0.717) is 11.3 Å². The van der Waals surface area contributed by atoms with Crippen LogP contribution >= 0.6 is 11.3 Å². The van der Waals surface area contributed by atoms with Gasteiger partial charge in [-0.2, -0.15) is 0 Å². The molecular formula is C16H26N2OS. The molecule has 112 valence electrons. The van der Waals surface area contributed by atoms with E-state index in [1.54, 1.807) is 11.3 Å². The van der Waals surface area contributed by atoms with Gasteiger partial charge < -0.3 is 4.90 Å². The van der Waals surface area contributed by atoms with Gasteiger partial charge in [0.15, 0.2) is 11.4 Å². The summed E-state index contributed by atoms with van der Waals surface area (Å²) >= 11 is 1.56. The minimum Gasteiger partial charge on any atom is -0.348 e. The minimum atomic E-state index is 0.367. The Hall–Kier alpha value is -0.900. The third-order valence-electron chi connectivity index (χ3n) is 4.95. The van der Waals surface area contributed by atoms with E-state index in [1.165, 1.54) is 19.3 Å². The SMILES string of the molecule is CCC(C)c1nc(N2CCC(C)(CC)CC2)sc1C=O. The zero-order chi connectivity index (χ0) is 14.8. The van der Waals surface area contributed by atoms with Crippen LogP contribution in [0, 0.1) is 5.41 Å². The van der Waals surface area contributed by atoms with E-state index in [1.807, 2.05) is 0 Å². The van der Waals surface area contributed by atoms with Gasteiger partial charge in [-0.05, 0) is 30.6 Å². The van der Waals surface area contributed by atoms with E-state index in [9.17, 15) is 4.79 Å². The van der Waals surface area contributed by atoms with Crippen LogP contribution in [0.25, 0.3) is 0 Å². The van der Waals surface area contributed by atoms with Gasteiger partial charge in [-0.25, -0.2) is 4.98 Å². The number of carbonyl (C=O) groups is 1. The molecule has 1 atom stereocenters. The second kappa shape index (κ2) is 6.25. The van der Waals surface area contributed by atoms with Crippen LogP contribution in [0.2, 0.25) is 0 Å². The van der Waals surface area contributed by atoms with Crippen LogP contribution in [0.4, 0.5) is 5.13 Å².